The molecule has 18 heavy (non-hydrogen) atoms. The van der Waals surface area contributed by atoms with Crippen molar-refractivity contribution in [2.24, 2.45) is 0 Å². The number of benzene rings is 3. The topological polar surface area (TPSA) is 0 Å². The lowest BCUT2D eigenvalue weighted by Crippen LogP contribution is -1.92. The van der Waals surface area contributed by atoms with E-state index in [0.29, 0.717) is 0 Å². The lowest BCUT2D eigenvalue weighted by atomic mass is 9.97. The maximum absolute atomic E-state index is 2.32. The molecular formula is C18H16. The molecule has 0 saturated heterocycles. The van der Waals surface area contributed by atoms with Crippen LogP contribution in [-0.2, 0) is 6.42 Å². The summed E-state index contributed by atoms with van der Waals surface area (Å²) in [6, 6.07) is 23.8. The Morgan fingerprint density at radius 3 is 2.06 bits per heavy atom. The van der Waals surface area contributed by atoms with E-state index in [1.54, 1.807) is 0 Å². The first kappa shape index (κ1) is 11.0. The average molecular weight is 232 g/mol. The van der Waals surface area contributed by atoms with Crippen molar-refractivity contribution in [2.45, 2.75) is 13.3 Å². The third-order valence-electron chi connectivity index (χ3n) is 3.44. The third-order valence-corrected chi connectivity index (χ3v) is 3.44. The summed E-state index contributed by atoms with van der Waals surface area (Å²) in [7, 11) is 0. The van der Waals surface area contributed by atoms with Gasteiger partial charge in [-0.05, 0) is 40.8 Å². The summed E-state index contributed by atoms with van der Waals surface area (Å²) in [4.78, 5) is 0. The van der Waals surface area contributed by atoms with Crippen molar-refractivity contribution < 1.29 is 0 Å². The van der Waals surface area contributed by atoms with E-state index in [4.69, 9.17) is 0 Å². The monoisotopic (exact) mass is 232 g/mol. The first-order valence-corrected chi connectivity index (χ1v) is 6.35. The van der Waals surface area contributed by atoms with Crippen LogP contribution in [0.15, 0.2) is 66.7 Å². The molecule has 88 valence electrons. The van der Waals surface area contributed by atoms with E-state index in [9.17, 15) is 0 Å². The largest absolute Gasteiger partial charge is 0.0622 e. The second kappa shape index (κ2) is 4.66. The molecule has 0 aliphatic rings. The Morgan fingerprint density at radius 2 is 1.33 bits per heavy atom. The van der Waals surface area contributed by atoms with E-state index in [1.807, 2.05) is 0 Å². The van der Waals surface area contributed by atoms with Crippen molar-refractivity contribution in [1.29, 1.82) is 0 Å². The molecule has 3 aromatic carbocycles. The Morgan fingerprint density at radius 1 is 0.722 bits per heavy atom. The Balaban J connectivity index is 2.04. The minimum Gasteiger partial charge on any atom is -0.0622 e. The zero-order valence-electron chi connectivity index (χ0n) is 10.6. The van der Waals surface area contributed by atoms with Crippen LogP contribution in [0.25, 0.3) is 10.8 Å². The first-order valence-electron chi connectivity index (χ1n) is 6.35. The van der Waals surface area contributed by atoms with Crippen molar-refractivity contribution >= 4 is 10.8 Å². The molecule has 3 aromatic rings. The van der Waals surface area contributed by atoms with Crippen molar-refractivity contribution in [3.63, 3.8) is 0 Å². The number of rotatable bonds is 2. The van der Waals surface area contributed by atoms with Gasteiger partial charge in [0.1, 0.15) is 0 Å². The quantitative estimate of drug-likeness (QED) is 0.598. The molecule has 0 unspecified atom stereocenters. The summed E-state index contributed by atoms with van der Waals surface area (Å²) in [6.45, 7) is 2.20. The Bertz CT molecular complexity index is 666. The second-order valence-corrected chi connectivity index (χ2v) is 4.79. The maximum atomic E-state index is 2.32. The lowest BCUT2D eigenvalue weighted by Gasteiger charge is -2.08. The van der Waals surface area contributed by atoms with Crippen LogP contribution in [-0.4, -0.2) is 0 Å². The second-order valence-electron chi connectivity index (χ2n) is 4.79. The van der Waals surface area contributed by atoms with Crippen molar-refractivity contribution in [3.8, 4) is 0 Å². The molecule has 0 N–H and O–H groups in total. The smallest absolute Gasteiger partial charge is 0.00229 e. The molecule has 3 rings (SSSR count). The Hall–Kier alpha value is -2.08. The van der Waals surface area contributed by atoms with Gasteiger partial charge in [0, 0.05) is 0 Å². The SMILES string of the molecule is Cc1cc2ccccc2cc1Cc1ccccc1. The van der Waals surface area contributed by atoms with Crippen LogP contribution in [0.4, 0.5) is 0 Å². The van der Waals surface area contributed by atoms with Gasteiger partial charge in [-0.3, -0.25) is 0 Å². The number of fused-ring (bicyclic) bond motifs is 1. The molecule has 0 amide bonds. The molecule has 0 atom stereocenters. The summed E-state index contributed by atoms with van der Waals surface area (Å²) < 4.78 is 0. The Kier molecular flexibility index (Phi) is 2.85. The molecule has 0 saturated carbocycles. The van der Waals surface area contributed by atoms with Crippen molar-refractivity contribution in [1.82, 2.24) is 0 Å². The fraction of sp³-hybridized carbons (Fsp3) is 0.111. The highest BCUT2D eigenvalue weighted by Gasteiger charge is 2.02. The molecule has 0 aliphatic heterocycles. The van der Waals surface area contributed by atoms with E-state index in [1.165, 1.54) is 27.5 Å². The highest BCUT2D eigenvalue weighted by Crippen LogP contribution is 2.21. The summed E-state index contributed by atoms with van der Waals surface area (Å²) in [5.74, 6) is 0. The Labute approximate surface area is 108 Å². The normalized spacial score (nSPS) is 10.7. The molecule has 0 heteroatoms. The van der Waals surface area contributed by atoms with Gasteiger partial charge in [-0.2, -0.15) is 0 Å². The molecular weight excluding hydrogens is 216 g/mol. The molecule has 0 heterocycles. The summed E-state index contributed by atoms with van der Waals surface area (Å²) in [5.41, 5.74) is 4.16. The van der Waals surface area contributed by atoms with Crippen molar-refractivity contribution in [2.75, 3.05) is 0 Å². The summed E-state index contributed by atoms with van der Waals surface area (Å²) in [6.07, 6.45) is 1.01. The van der Waals surface area contributed by atoms with Gasteiger partial charge in [0.05, 0.1) is 0 Å². The van der Waals surface area contributed by atoms with E-state index in [2.05, 4.69) is 73.7 Å². The molecule has 0 radical (unpaired) electrons. The predicted molar refractivity (Wildman–Crippen MR) is 77.9 cm³/mol. The van der Waals surface area contributed by atoms with Gasteiger partial charge in [0.2, 0.25) is 0 Å². The van der Waals surface area contributed by atoms with Crippen molar-refractivity contribution in [3.05, 3.63) is 83.4 Å². The van der Waals surface area contributed by atoms with Gasteiger partial charge in [0.15, 0.2) is 0 Å². The molecule has 0 aromatic heterocycles. The zero-order valence-corrected chi connectivity index (χ0v) is 10.6. The van der Waals surface area contributed by atoms with Gasteiger partial charge in [0.25, 0.3) is 0 Å². The van der Waals surface area contributed by atoms with Crippen LogP contribution in [0.2, 0.25) is 0 Å². The van der Waals surface area contributed by atoms with E-state index in [-0.39, 0.29) is 0 Å². The van der Waals surface area contributed by atoms with Crippen LogP contribution in [0.5, 0.6) is 0 Å². The van der Waals surface area contributed by atoms with Crippen LogP contribution < -0.4 is 0 Å². The lowest BCUT2D eigenvalue weighted by molar-refractivity contribution is 1.16. The number of aryl methyl sites for hydroxylation is 1. The molecule has 0 spiro atoms. The minimum atomic E-state index is 1.01. The predicted octanol–water partition coefficient (Wildman–Crippen LogP) is 4.74. The van der Waals surface area contributed by atoms with Gasteiger partial charge >= 0.3 is 0 Å². The average Bonchev–Trinajstić information content (AvgIpc) is 2.41. The van der Waals surface area contributed by atoms with E-state index >= 15 is 0 Å². The highest BCUT2D eigenvalue weighted by molar-refractivity contribution is 5.84. The fourth-order valence-electron chi connectivity index (χ4n) is 2.41. The molecule has 0 bridgehead atoms. The zero-order chi connectivity index (χ0) is 12.4. The number of hydrogen-bond donors (Lipinski definition) is 0. The first-order chi connectivity index (χ1) is 8.83. The third kappa shape index (κ3) is 2.14. The molecule has 0 aliphatic carbocycles. The molecule has 0 nitrogen and oxygen atoms in total. The standard InChI is InChI=1S/C18H16/c1-14-11-16-9-5-6-10-17(16)13-18(14)12-15-7-3-2-4-8-15/h2-11,13H,12H2,1H3. The highest BCUT2D eigenvalue weighted by atomic mass is 14.1. The van der Waals surface area contributed by atoms with Gasteiger partial charge < -0.3 is 0 Å². The summed E-state index contributed by atoms with van der Waals surface area (Å²) >= 11 is 0. The van der Waals surface area contributed by atoms with E-state index in [0.717, 1.165) is 6.42 Å². The maximum Gasteiger partial charge on any atom is -0.00229 e. The number of hydrogen-bond acceptors (Lipinski definition) is 0. The van der Waals surface area contributed by atoms with Gasteiger partial charge in [-0.15, -0.1) is 0 Å². The van der Waals surface area contributed by atoms with Gasteiger partial charge in [-0.25, -0.2) is 0 Å². The fourth-order valence-corrected chi connectivity index (χ4v) is 2.41. The van der Waals surface area contributed by atoms with Crippen LogP contribution >= 0.6 is 0 Å². The molecule has 0 fully saturated rings. The van der Waals surface area contributed by atoms with Crippen LogP contribution in [0.3, 0.4) is 0 Å². The minimum absolute atomic E-state index is 1.01. The van der Waals surface area contributed by atoms with E-state index < -0.39 is 0 Å². The summed E-state index contributed by atoms with van der Waals surface area (Å²) in [5, 5.41) is 2.65. The van der Waals surface area contributed by atoms with Gasteiger partial charge in [-0.1, -0.05) is 66.7 Å². The van der Waals surface area contributed by atoms with Crippen LogP contribution in [0, 0.1) is 6.92 Å². The van der Waals surface area contributed by atoms with Crippen LogP contribution in [0.1, 0.15) is 16.7 Å².